The number of ether oxygens (including phenoxy) is 1. The van der Waals surface area contributed by atoms with Crippen molar-refractivity contribution in [3.8, 4) is 0 Å². The number of aliphatic hydroxyl groups is 1. The number of amides is 2. The molecule has 3 fully saturated rings. The molecule has 2 saturated heterocycles. The molecule has 2 amide bonds. The molecule has 0 atom stereocenters. The second-order valence-corrected chi connectivity index (χ2v) is 9.00. The summed E-state index contributed by atoms with van der Waals surface area (Å²) in [5.74, 6) is 0.777. The normalized spacial score (nSPS) is 22.4. The van der Waals surface area contributed by atoms with E-state index in [0.717, 1.165) is 12.3 Å². The standard InChI is InChI=1S/C21H33N5O4/c27-19(6-5-17-3-1-2-4-17)24-9-7-21(29,8-10-24)16-26-15-18(22-23-26)20(28)25-11-13-30-14-12-25/h15,17,29H,1-14,16H2. The van der Waals surface area contributed by atoms with Crippen LogP contribution in [0.5, 0.6) is 0 Å². The van der Waals surface area contributed by atoms with Crippen molar-refractivity contribution in [1.82, 2.24) is 24.8 Å². The first kappa shape index (κ1) is 21.2. The van der Waals surface area contributed by atoms with E-state index in [2.05, 4.69) is 10.3 Å². The van der Waals surface area contributed by atoms with Gasteiger partial charge in [-0.2, -0.15) is 0 Å². The highest BCUT2D eigenvalue weighted by molar-refractivity contribution is 5.92. The summed E-state index contributed by atoms with van der Waals surface area (Å²) < 4.78 is 6.82. The third kappa shape index (κ3) is 5.18. The van der Waals surface area contributed by atoms with Crippen LogP contribution < -0.4 is 0 Å². The molecule has 9 heteroatoms. The van der Waals surface area contributed by atoms with Crippen LogP contribution in [0, 0.1) is 5.92 Å². The molecule has 2 aliphatic heterocycles. The topological polar surface area (TPSA) is 101 Å². The van der Waals surface area contributed by atoms with Crippen molar-refractivity contribution in [2.24, 2.45) is 5.92 Å². The zero-order chi connectivity index (χ0) is 21.0. The first-order valence-corrected chi connectivity index (χ1v) is 11.3. The van der Waals surface area contributed by atoms with E-state index in [4.69, 9.17) is 4.74 Å². The van der Waals surface area contributed by atoms with Crippen molar-refractivity contribution in [2.45, 2.75) is 63.5 Å². The molecule has 9 nitrogen and oxygen atoms in total. The lowest BCUT2D eigenvalue weighted by atomic mass is 9.91. The van der Waals surface area contributed by atoms with Crippen LogP contribution in [0.1, 0.15) is 61.9 Å². The maximum Gasteiger partial charge on any atom is 0.276 e. The van der Waals surface area contributed by atoms with E-state index in [1.807, 2.05) is 4.90 Å². The van der Waals surface area contributed by atoms with Crippen molar-refractivity contribution in [2.75, 3.05) is 39.4 Å². The van der Waals surface area contributed by atoms with Gasteiger partial charge in [0.1, 0.15) is 0 Å². The lowest BCUT2D eigenvalue weighted by molar-refractivity contribution is -0.136. The minimum Gasteiger partial charge on any atom is -0.388 e. The number of rotatable bonds is 6. The molecule has 166 valence electrons. The molecule has 4 rings (SSSR count). The number of likely N-dealkylation sites (tertiary alicyclic amines) is 1. The molecule has 1 aromatic heterocycles. The van der Waals surface area contributed by atoms with Gasteiger partial charge < -0.3 is 19.6 Å². The Morgan fingerprint density at radius 1 is 1.10 bits per heavy atom. The van der Waals surface area contributed by atoms with Gasteiger partial charge in [-0.25, -0.2) is 4.68 Å². The van der Waals surface area contributed by atoms with Crippen LogP contribution in [-0.2, 0) is 16.1 Å². The van der Waals surface area contributed by atoms with Gasteiger partial charge in [0.15, 0.2) is 5.69 Å². The molecule has 1 saturated carbocycles. The molecule has 30 heavy (non-hydrogen) atoms. The van der Waals surface area contributed by atoms with Gasteiger partial charge in [-0.1, -0.05) is 30.9 Å². The Labute approximate surface area is 177 Å². The van der Waals surface area contributed by atoms with Crippen LogP contribution in [0.15, 0.2) is 6.20 Å². The van der Waals surface area contributed by atoms with Crippen molar-refractivity contribution in [3.05, 3.63) is 11.9 Å². The lowest BCUT2D eigenvalue weighted by Gasteiger charge is -2.38. The Hall–Kier alpha value is -2.00. The number of nitrogens with zero attached hydrogens (tertiary/aromatic N) is 5. The predicted molar refractivity (Wildman–Crippen MR) is 109 cm³/mol. The molecule has 3 heterocycles. The second kappa shape index (κ2) is 9.43. The van der Waals surface area contributed by atoms with E-state index < -0.39 is 5.60 Å². The minimum absolute atomic E-state index is 0.154. The summed E-state index contributed by atoms with van der Waals surface area (Å²) in [6.07, 6.45) is 9.38. The van der Waals surface area contributed by atoms with Crippen molar-refractivity contribution < 1.29 is 19.4 Å². The van der Waals surface area contributed by atoms with E-state index >= 15 is 0 Å². The van der Waals surface area contributed by atoms with E-state index in [-0.39, 0.29) is 18.4 Å². The van der Waals surface area contributed by atoms with Crippen molar-refractivity contribution in [3.63, 3.8) is 0 Å². The van der Waals surface area contributed by atoms with Crippen molar-refractivity contribution in [1.29, 1.82) is 0 Å². The molecule has 0 bridgehead atoms. The molecule has 1 aliphatic carbocycles. The first-order valence-electron chi connectivity index (χ1n) is 11.3. The lowest BCUT2D eigenvalue weighted by Crippen LogP contribution is -2.48. The molecule has 0 unspecified atom stereocenters. The summed E-state index contributed by atoms with van der Waals surface area (Å²) in [6.45, 7) is 3.59. The number of hydrogen-bond acceptors (Lipinski definition) is 6. The summed E-state index contributed by atoms with van der Waals surface area (Å²) in [7, 11) is 0. The second-order valence-electron chi connectivity index (χ2n) is 9.00. The predicted octanol–water partition coefficient (Wildman–Crippen LogP) is 1.07. The summed E-state index contributed by atoms with van der Waals surface area (Å²) in [5, 5.41) is 19.0. The van der Waals surface area contributed by atoms with E-state index in [1.165, 1.54) is 25.7 Å². The van der Waals surface area contributed by atoms with Crippen molar-refractivity contribution >= 4 is 11.8 Å². The molecule has 3 aliphatic rings. The number of carbonyl (C=O) groups is 2. The number of piperidine rings is 1. The molecule has 1 N–H and O–H groups in total. The fraction of sp³-hybridized carbons (Fsp3) is 0.810. The van der Waals surface area contributed by atoms with Gasteiger partial charge in [-0.05, 0) is 25.2 Å². The van der Waals surface area contributed by atoms with Crippen LogP contribution in [0.2, 0.25) is 0 Å². The minimum atomic E-state index is -0.935. The van der Waals surface area contributed by atoms with Crippen LogP contribution in [0.25, 0.3) is 0 Å². The Morgan fingerprint density at radius 3 is 2.50 bits per heavy atom. The van der Waals surface area contributed by atoms with Gasteiger partial charge in [0, 0.05) is 32.6 Å². The van der Waals surface area contributed by atoms with Crippen LogP contribution >= 0.6 is 0 Å². The van der Waals surface area contributed by atoms with Gasteiger partial charge in [0.2, 0.25) is 5.91 Å². The SMILES string of the molecule is O=C(CCC1CCCC1)N1CCC(O)(Cn2cc(C(=O)N3CCOCC3)nn2)CC1. The molecule has 0 aromatic carbocycles. The first-order chi connectivity index (χ1) is 14.5. The Bertz CT molecular complexity index is 732. The smallest absolute Gasteiger partial charge is 0.276 e. The zero-order valence-corrected chi connectivity index (χ0v) is 17.7. The maximum atomic E-state index is 12.5. The Morgan fingerprint density at radius 2 is 1.80 bits per heavy atom. The number of aromatic nitrogens is 3. The molecule has 0 spiro atoms. The monoisotopic (exact) mass is 419 g/mol. The summed E-state index contributed by atoms with van der Waals surface area (Å²) >= 11 is 0. The number of carbonyl (C=O) groups excluding carboxylic acids is 2. The zero-order valence-electron chi connectivity index (χ0n) is 17.7. The van der Waals surface area contributed by atoms with Crippen LogP contribution in [-0.4, -0.2) is 86.7 Å². The number of hydrogen-bond donors (Lipinski definition) is 1. The Kier molecular flexibility index (Phi) is 6.67. The molecular formula is C21H33N5O4. The van der Waals surface area contributed by atoms with Gasteiger partial charge >= 0.3 is 0 Å². The summed E-state index contributed by atoms with van der Waals surface area (Å²) in [5.41, 5.74) is -0.644. The van der Waals surface area contributed by atoms with Crippen LogP contribution in [0.4, 0.5) is 0 Å². The quantitative estimate of drug-likeness (QED) is 0.740. The van der Waals surface area contributed by atoms with Gasteiger partial charge in [-0.15, -0.1) is 5.10 Å². The average molecular weight is 420 g/mol. The highest BCUT2D eigenvalue weighted by Gasteiger charge is 2.35. The molecule has 0 radical (unpaired) electrons. The van der Waals surface area contributed by atoms with Crippen LogP contribution in [0.3, 0.4) is 0 Å². The largest absolute Gasteiger partial charge is 0.388 e. The highest BCUT2D eigenvalue weighted by atomic mass is 16.5. The fourth-order valence-electron chi connectivity index (χ4n) is 4.82. The number of morpholine rings is 1. The Balaban J connectivity index is 1.25. The van der Waals surface area contributed by atoms with E-state index in [9.17, 15) is 14.7 Å². The van der Waals surface area contributed by atoms with Gasteiger partial charge in [-0.3, -0.25) is 9.59 Å². The summed E-state index contributed by atoms with van der Waals surface area (Å²) in [6, 6.07) is 0. The third-order valence-electron chi connectivity index (χ3n) is 6.80. The molecule has 1 aromatic rings. The average Bonchev–Trinajstić information content (AvgIpc) is 3.44. The summed E-state index contributed by atoms with van der Waals surface area (Å²) in [4.78, 5) is 28.6. The third-order valence-corrected chi connectivity index (χ3v) is 6.80. The fourth-order valence-corrected chi connectivity index (χ4v) is 4.82. The molecular weight excluding hydrogens is 386 g/mol. The van der Waals surface area contributed by atoms with E-state index in [0.29, 0.717) is 64.3 Å². The highest BCUT2D eigenvalue weighted by Crippen LogP contribution is 2.29. The van der Waals surface area contributed by atoms with E-state index in [1.54, 1.807) is 15.8 Å². The maximum absolute atomic E-state index is 12.5. The van der Waals surface area contributed by atoms with Gasteiger partial charge in [0.25, 0.3) is 5.91 Å². The van der Waals surface area contributed by atoms with Gasteiger partial charge in [0.05, 0.1) is 31.6 Å².